The molecule has 14 nitrogen and oxygen atoms in total. The van der Waals surface area contributed by atoms with Crippen molar-refractivity contribution in [3.05, 3.63) is 301 Å². The number of nitrogens with one attached hydrogen (secondary N) is 2. The van der Waals surface area contributed by atoms with Crippen molar-refractivity contribution in [1.82, 2.24) is 30.6 Å². The fourth-order valence-corrected chi connectivity index (χ4v) is 13.8. The van der Waals surface area contributed by atoms with Gasteiger partial charge in [0.1, 0.15) is 17.2 Å². The molecule has 2 aromatic heterocycles. The first kappa shape index (κ1) is 54.1. The van der Waals surface area contributed by atoms with Crippen LogP contribution in [0.25, 0.3) is 87.1 Å². The maximum atomic E-state index is 15.0. The predicted molar refractivity (Wildman–Crippen MR) is 376 cm³/mol. The summed E-state index contributed by atoms with van der Waals surface area (Å²) in [5, 5.41) is 14.5. The molecule has 0 atom stereocenters. The van der Waals surface area contributed by atoms with Gasteiger partial charge in [-0.1, -0.05) is 176 Å². The number of fused-ring (bicyclic) bond motifs is 10. The average Bonchev–Trinajstić information content (AvgIpc) is 1.57. The van der Waals surface area contributed by atoms with Crippen LogP contribution < -0.4 is 30.2 Å². The molecule has 15 heteroatoms. The molecule has 442 valence electrons. The summed E-state index contributed by atoms with van der Waals surface area (Å²) in [6.07, 6.45) is 6.77. The minimum atomic E-state index is -0.622. The number of allylic oxidation sites excluding steroid dienone is 5. The van der Waals surface area contributed by atoms with Gasteiger partial charge in [-0.05, 0) is 147 Å². The van der Waals surface area contributed by atoms with E-state index in [0.717, 1.165) is 98.8 Å². The molecule has 0 bridgehead atoms. The van der Waals surface area contributed by atoms with Crippen LogP contribution >= 0.6 is 12.2 Å². The number of carbonyl (C=O) groups excluding carboxylic acids is 4. The Morgan fingerprint density at radius 1 is 0.309 bits per heavy atom. The number of aromatic nitrogens is 4. The predicted octanol–water partition coefficient (Wildman–Crippen LogP) is 16.7. The van der Waals surface area contributed by atoms with Gasteiger partial charge in [0.15, 0.2) is 40.0 Å². The van der Waals surface area contributed by atoms with E-state index in [2.05, 4.69) is 105 Å². The maximum Gasteiger partial charge on any atom is 0.263 e. The Bertz CT molecular complexity index is 5770. The van der Waals surface area contributed by atoms with Crippen LogP contribution in [0.15, 0.2) is 290 Å². The van der Waals surface area contributed by atoms with E-state index in [4.69, 9.17) is 32.2 Å². The van der Waals surface area contributed by atoms with Crippen LogP contribution in [-0.2, 0) is 9.59 Å². The van der Waals surface area contributed by atoms with Crippen LogP contribution in [0, 0.1) is 0 Å². The van der Waals surface area contributed by atoms with Gasteiger partial charge in [0, 0.05) is 32.7 Å². The van der Waals surface area contributed by atoms with E-state index in [0.29, 0.717) is 57.1 Å². The van der Waals surface area contributed by atoms with Crippen LogP contribution in [-0.4, -0.2) is 48.4 Å². The molecule has 0 saturated carbocycles. The molecular weight excluding hydrogens is 1190 g/mol. The quantitative estimate of drug-likeness (QED) is 0.0884. The molecule has 1 saturated heterocycles. The summed E-state index contributed by atoms with van der Waals surface area (Å²) >= 11 is 5.15. The minimum Gasteiger partial charge on any atom is -0.299 e. The number of ketones is 2. The molecule has 4 aliphatic rings. The van der Waals surface area contributed by atoms with E-state index in [1.807, 2.05) is 174 Å². The Balaban J connectivity index is 0.756. The molecule has 1 fully saturated rings. The highest BCUT2D eigenvalue weighted by Gasteiger charge is 2.41. The smallest absolute Gasteiger partial charge is 0.263 e. The Kier molecular flexibility index (Phi) is 12.2. The lowest BCUT2D eigenvalue weighted by molar-refractivity contribution is -0.123. The topological polar surface area (TPSA) is 157 Å². The third-order valence-electron chi connectivity index (χ3n) is 18.0. The van der Waals surface area contributed by atoms with Crippen LogP contribution in [0.2, 0.25) is 0 Å². The van der Waals surface area contributed by atoms with Crippen molar-refractivity contribution in [3.63, 3.8) is 0 Å². The van der Waals surface area contributed by atoms with Crippen molar-refractivity contribution in [1.29, 1.82) is 0 Å². The lowest BCUT2D eigenvalue weighted by Gasteiger charge is -2.26. The molecule has 12 aromatic carbocycles. The molecule has 94 heavy (non-hydrogen) atoms. The number of anilines is 8. The average molecular weight is 1230 g/mol. The van der Waals surface area contributed by atoms with E-state index in [9.17, 15) is 14.4 Å². The molecule has 0 unspecified atom stereocenters. The van der Waals surface area contributed by atoms with Gasteiger partial charge in [0.25, 0.3) is 11.8 Å². The van der Waals surface area contributed by atoms with Gasteiger partial charge in [-0.3, -0.25) is 49.4 Å². The van der Waals surface area contributed by atoms with Crippen molar-refractivity contribution in [2.75, 3.05) is 19.6 Å². The van der Waals surface area contributed by atoms with Crippen molar-refractivity contribution in [2.45, 2.75) is 0 Å². The van der Waals surface area contributed by atoms with Crippen LogP contribution in [0.3, 0.4) is 0 Å². The summed E-state index contributed by atoms with van der Waals surface area (Å²) in [5.41, 5.74) is 8.20. The van der Waals surface area contributed by atoms with Crippen molar-refractivity contribution < 1.29 is 19.2 Å². The summed E-state index contributed by atoms with van der Waals surface area (Å²) in [6, 6.07) is 80.5. The van der Waals surface area contributed by atoms with Gasteiger partial charge in [-0.25, -0.2) is 19.9 Å². The zero-order valence-corrected chi connectivity index (χ0v) is 50.3. The van der Waals surface area contributed by atoms with Gasteiger partial charge in [-0.2, -0.15) is 0 Å². The lowest BCUT2D eigenvalue weighted by atomic mass is 9.97. The SMILES string of the molecule is O=C1NC(=S)NC(=O)C1=C/C=C1/N(c2cccc3ccccc23)c2nc3ccc(-c4ccc5cc6c(cc5c4)C(=O)/C(=C\C=C4N(c5cccc7ccccc57)c5nc7ccccc7nc5N4c4cccc5ccccc45)C6=O)cc3nc2N1c1cccc2ccccc12. The van der Waals surface area contributed by atoms with Gasteiger partial charge in [0.05, 0.1) is 50.4 Å². The summed E-state index contributed by atoms with van der Waals surface area (Å²) in [7, 11) is 0. The van der Waals surface area contributed by atoms with Gasteiger partial charge >= 0.3 is 0 Å². The summed E-state index contributed by atoms with van der Waals surface area (Å²) in [4.78, 5) is 86.4. The van der Waals surface area contributed by atoms with Gasteiger partial charge in [0.2, 0.25) is 0 Å². The molecule has 0 spiro atoms. The fraction of sp³-hybridized carbons (Fsp3) is 0. The second-order valence-electron chi connectivity index (χ2n) is 23.3. The Hall–Kier alpha value is -12.9. The first-order chi connectivity index (χ1) is 46.2. The van der Waals surface area contributed by atoms with Crippen molar-refractivity contribution in [3.8, 4) is 11.1 Å². The van der Waals surface area contributed by atoms with Gasteiger partial charge < -0.3 is 0 Å². The molecule has 2 N–H and O–H groups in total. The molecule has 3 aliphatic heterocycles. The second-order valence-corrected chi connectivity index (χ2v) is 23.7. The first-order valence-corrected chi connectivity index (χ1v) is 31.0. The van der Waals surface area contributed by atoms with Crippen LogP contribution in [0.1, 0.15) is 20.7 Å². The third kappa shape index (κ3) is 8.52. The molecular formula is C79H46N10O4S. The number of carbonyl (C=O) groups is 4. The molecule has 14 aromatic rings. The highest BCUT2D eigenvalue weighted by molar-refractivity contribution is 7.80. The Morgan fingerprint density at radius 3 is 1.11 bits per heavy atom. The van der Waals surface area contributed by atoms with E-state index >= 15 is 4.79 Å². The van der Waals surface area contributed by atoms with E-state index < -0.39 is 11.8 Å². The number of hydrogen-bond acceptors (Lipinski definition) is 13. The van der Waals surface area contributed by atoms with E-state index in [-0.39, 0.29) is 27.8 Å². The lowest BCUT2D eigenvalue weighted by Crippen LogP contribution is -2.51. The summed E-state index contributed by atoms with van der Waals surface area (Å²) in [5.74, 6) is 1.44. The van der Waals surface area contributed by atoms with E-state index in [1.165, 1.54) is 6.08 Å². The molecule has 5 heterocycles. The first-order valence-electron chi connectivity index (χ1n) is 30.6. The van der Waals surface area contributed by atoms with Crippen molar-refractivity contribution >= 4 is 163 Å². The number of nitrogens with zero attached hydrogens (tertiary/aromatic N) is 8. The zero-order valence-electron chi connectivity index (χ0n) is 49.5. The largest absolute Gasteiger partial charge is 0.299 e. The number of Topliss-reactive ketones (excluding diaryl/α,β-unsaturated/α-hetero) is 2. The van der Waals surface area contributed by atoms with Crippen LogP contribution in [0.4, 0.5) is 46.0 Å². The molecule has 1 aliphatic carbocycles. The van der Waals surface area contributed by atoms with Gasteiger partial charge in [-0.15, -0.1) is 0 Å². The monoisotopic (exact) mass is 1230 g/mol. The minimum absolute atomic E-state index is 0.0391. The number of para-hydroxylation sites is 2. The maximum absolute atomic E-state index is 15.0. The Labute approximate surface area is 541 Å². The highest BCUT2D eigenvalue weighted by Crippen LogP contribution is 2.53. The number of rotatable bonds is 7. The molecule has 18 rings (SSSR count). The Morgan fingerprint density at radius 2 is 0.660 bits per heavy atom. The second kappa shape index (κ2) is 21.1. The standard InChI is InChI=1S/C79H46N10O4S/c90-71-57(36-39-69-86(65-29-11-19-45-15-1-5-23-53(45)65)73-74(81-62-28-10-9-27-61(62)80-73)87(69)66-30-12-20-46-16-2-6-24-54(46)66)72(91)60-43-52-41-49(33-34-50(52)42-59(60)71)51-35-38-63-64(44-51)83-76-75(82-63)88(67-31-13-21-47-17-3-7-25-55(47)67)70(40-37-58-77(92)84-79(94)85-78(58)93)89(76)68-32-14-22-48-18-4-8-26-56(48)68/h1-44H,(H2,84,85,92,93,94)/b57-36-,70-40-. The summed E-state index contributed by atoms with van der Waals surface area (Å²) in [6.45, 7) is 0. The fourth-order valence-electron chi connectivity index (χ4n) is 13.6. The summed E-state index contributed by atoms with van der Waals surface area (Å²) < 4.78 is 0. The van der Waals surface area contributed by atoms with Crippen molar-refractivity contribution in [2.24, 2.45) is 0 Å². The van der Waals surface area contributed by atoms with E-state index in [1.54, 1.807) is 12.2 Å². The number of benzene rings is 12. The number of amides is 2. The highest BCUT2D eigenvalue weighted by atomic mass is 32.1. The number of thiocarbonyl (C=S) groups is 1. The third-order valence-corrected chi connectivity index (χ3v) is 18.2. The zero-order chi connectivity index (χ0) is 62.9. The number of hydrogen-bond donors (Lipinski definition) is 2. The molecule has 0 radical (unpaired) electrons. The molecule has 2 amide bonds. The normalized spacial score (nSPS) is 15.4. The van der Waals surface area contributed by atoms with Crippen LogP contribution in [0.5, 0.6) is 0 Å².